The molecule has 2 amide bonds. The minimum Gasteiger partial charge on any atom is -0.333 e. The molecule has 25 heavy (non-hydrogen) atoms. The van der Waals surface area contributed by atoms with Gasteiger partial charge in [0.25, 0.3) is 0 Å². The van der Waals surface area contributed by atoms with Crippen LogP contribution in [0.15, 0.2) is 72.8 Å². The zero-order valence-corrected chi connectivity index (χ0v) is 15.1. The Morgan fingerprint density at radius 3 is 2.28 bits per heavy atom. The van der Waals surface area contributed by atoms with Gasteiger partial charge in [-0.25, -0.2) is 4.79 Å². The van der Waals surface area contributed by atoms with E-state index in [-0.39, 0.29) is 12.1 Å². The molecule has 0 aliphatic carbocycles. The second kappa shape index (κ2) is 8.49. The highest BCUT2D eigenvalue weighted by molar-refractivity contribution is 7.11. The Hall–Kier alpha value is -2.59. The van der Waals surface area contributed by atoms with E-state index < -0.39 is 0 Å². The van der Waals surface area contributed by atoms with Crippen molar-refractivity contribution in [2.24, 2.45) is 0 Å². The minimum absolute atomic E-state index is 0.0614. The molecule has 0 aliphatic rings. The first-order valence-electron chi connectivity index (χ1n) is 8.39. The van der Waals surface area contributed by atoms with Gasteiger partial charge in [-0.3, -0.25) is 0 Å². The number of amides is 2. The number of thiophene rings is 1. The van der Waals surface area contributed by atoms with Crippen molar-refractivity contribution >= 4 is 17.4 Å². The summed E-state index contributed by atoms with van der Waals surface area (Å²) in [6.45, 7) is 2.62. The Labute approximate surface area is 152 Å². The van der Waals surface area contributed by atoms with E-state index in [1.54, 1.807) is 11.3 Å². The highest BCUT2D eigenvalue weighted by Crippen LogP contribution is 2.18. The Bertz CT molecular complexity index is 799. The van der Waals surface area contributed by atoms with E-state index >= 15 is 0 Å². The van der Waals surface area contributed by atoms with Crippen LogP contribution in [0.25, 0.3) is 0 Å². The van der Waals surface area contributed by atoms with Gasteiger partial charge in [-0.2, -0.15) is 0 Å². The van der Waals surface area contributed by atoms with E-state index in [9.17, 15) is 4.79 Å². The number of aryl methyl sites for hydroxylation is 1. The Morgan fingerprint density at radius 1 is 0.960 bits per heavy atom. The van der Waals surface area contributed by atoms with Crippen molar-refractivity contribution in [1.29, 1.82) is 0 Å². The lowest BCUT2D eigenvalue weighted by atomic mass is 9.99. The number of rotatable bonds is 6. The molecule has 1 atom stereocenters. The maximum absolute atomic E-state index is 12.4. The van der Waals surface area contributed by atoms with Crippen LogP contribution in [0.3, 0.4) is 0 Å². The van der Waals surface area contributed by atoms with Crippen LogP contribution in [-0.2, 0) is 13.0 Å². The van der Waals surface area contributed by atoms with Gasteiger partial charge < -0.3 is 10.6 Å². The van der Waals surface area contributed by atoms with Crippen molar-refractivity contribution in [3.8, 4) is 0 Å². The summed E-state index contributed by atoms with van der Waals surface area (Å²) in [6.07, 6.45) is 0.760. The van der Waals surface area contributed by atoms with Gasteiger partial charge in [0.1, 0.15) is 0 Å². The fourth-order valence-electron chi connectivity index (χ4n) is 2.74. The number of urea groups is 1. The normalized spacial score (nSPS) is 11.7. The van der Waals surface area contributed by atoms with Crippen LogP contribution in [0.1, 0.15) is 26.9 Å². The molecule has 3 rings (SSSR count). The maximum atomic E-state index is 12.4. The molecule has 1 heterocycles. The summed E-state index contributed by atoms with van der Waals surface area (Å²) < 4.78 is 0. The highest BCUT2D eigenvalue weighted by atomic mass is 32.1. The zero-order chi connectivity index (χ0) is 17.5. The van der Waals surface area contributed by atoms with Crippen LogP contribution in [0.4, 0.5) is 4.79 Å². The minimum atomic E-state index is -0.143. The zero-order valence-electron chi connectivity index (χ0n) is 14.2. The summed E-state index contributed by atoms with van der Waals surface area (Å²) in [5.74, 6) is 0. The van der Waals surface area contributed by atoms with E-state index in [2.05, 4.69) is 54.0 Å². The first-order chi connectivity index (χ1) is 12.2. The summed E-state index contributed by atoms with van der Waals surface area (Å²) in [7, 11) is 0. The molecule has 1 aromatic heterocycles. The number of carbonyl (C=O) groups excluding carboxylic acids is 1. The average molecular weight is 350 g/mol. The average Bonchev–Trinajstić information content (AvgIpc) is 3.06. The number of hydrogen-bond acceptors (Lipinski definition) is 2. The van der Waals surface area contributed by atoms with E-state index in [0.717, 1.165) is 16.9 Å². The second-order valence-corrected chi connectivity index (χ2v) is 7.36. The molecule has 3 nitrogen and oxygen atoms in total. The number of carbonyl (C=O) groups is 1. The maximum Gasteiger partial charge on any atom is 0.315 e. The first-order valence-corrected chi connectivity index (χ1v) is 9.21. The van der Waals surface area contributed by atoms with E-state index in [1.807, 2.05) is 36.4 Å². The lowest BCUT2D eigenvalue weighted by Crippen LogP contribution is -2.38. The largest absolute Gasteiger partial charge is 0.333 e. The summed E-state index contributed by atoms with van der Waals surface area (Å²) in [5, 5.41) is 6.07. The standard InChI is InChI=1S/C21H22N2OS/c1-16-12-13-19(25-16)15-22-21(24)23-20(18-10-6-3-7-11-18)14-17-8-4-2-5-9-17/h2-13,20H,14-15H2,1H3,(H2,22,23,24). The molecule has 2 aromatic carbocycles. The summed E-state index contributed by atoms with van der Waals surface area (Å²) in [4.78, 5) is 14.8. The fraction of sp³-hybridized carbons (Fsp3) is 0.190. The monoisotopic (exact) mass is 350 g/mol. The predicted octanol–water partition coefficient (Wildman–Crippen LogP) is 4.84. The molecule has 0 saturated carbocycles. The lowest BCUT2D eigenvalue weighted by molar-refractivity contribution is 0.236. The van der Waals surface area contributed by atoms with Crippen LogP contribution in [0, 0.1) is 6.92 Å². The van der Waals surface area contributed by atoms with Gasteiger partial charge in [0.15, 0.2) is 0 Å². The fourth-order valence-corrected chi connectivity index (χ4v) is 3.57. The molecule has 1 unspecified atom stereocenters. The van der Waals surface area contributed by atoms with Crippen molar-refractivity contribution < 1.29 is 4.79 Å². The van der Waals surface area contributed by atoms with Crippen molar-refractivity contribution in [2.75, 3.05) is 0 Å². The predicted molar refractivity (Wildman–Crippen MR) is 104 cm³/mol. The quantitative estimate of drug-likeness (QED) is 0.656. The van der Waals surface area contributed by atoms with Crippen molar-refractivity contribution in [3.05, 3.63) is 93.7 Å². The van der Waals surface area contributed by atoms with E-state index in [0.29, 0.717) is 6.54 Å². The van der Waals surface area contributed by atoms with Crippen LogP contribution in [0.2, 0.25) is 0 Å². The molecule has 3 aromatic rings. The molecule has 0 bridgehead atoms. The third kappa shape index (κ3) is 5.19. The summed E-state index contributed by atoms with van der Waals surface area (Å²) in [5.41, 5.74) is 2.30. The molecule has 0 aliphatic heterocycles. The van der Waals surface area contributed by atoms with Gasteiger partial charge in [0, 0.05) is 9.75 Å². The topological polar surface area (TPSA) is 41.1 Å². The molecule has 0 fully saturated rings. The molecular weight excluding hydrogens is 328 g/mol. The third-order valence-corrected chi connectivity index (χ3v) is 5.01. The van der Waals surface area contributed by atoms with Crippen molar-refractivity contribution in [3.63, 3.8) is 0 Å². The Kier molecular flexibility index (Phi) is 5.86. The Morgan fingerprint density at radius 2 is 1.64 bits per heavy atom. The van der Waals surface area contributed by atoms with Crippen LogP contribution >= 0.6 is 11.3 Å². The molecule has 0 radical (unpaired) electrons. The van der Waals surface area contributed by atoms with E-state index in [1.165, 1.54) is 10.4 Å². The second-order valence-electron chi connectivity index (χ2n) is 5.99. The molecule has 4 heteroatoms. The number of benzene rings is 2. The smallest absolute Gasteiger partial charge is 0.315 e. The number of hydrogen-bond donors (Lipinski definition) is 2. The third-order valence-electron chi connectivity index (χ3n) is 4.01. The van der Waals surface area contributed by atoms with Gasteiger partial charge in [-0.1, -0.05) is 60.7 Å². The molecule has 128 valence electrons. The first kappa shape index (κ1) is 17.2. The highest BCUT2D eigenvalue weighted by Gasteiger charge is 2.15. The van der Waals surface area contributed by atoms with Gasteiger partial charge in [-0.15, -0.1) is 11.3 Å². The Balaban J connectivity index is 1.65. The van der Waals surface area contributed by atoms with Crippen LogP contribution < -0.4 is 10.6 Å². The van der Waals surface area contributed by atoms with Crippen LogP contribution in [-0.4, -0.2) is 6.03 Å². The lowest BCUT2D eigenvalue weighted by Gasteiger charge is -2.20. The molecule has 0 spiro atoms. The van der Waals surface area contributed by atoms with Gasteiger partial charge in [0.2, 0.25) is 0 Å². The van der Waals surface area contributed by atoms with Gasteiger partial charge in [-0.05, 0) is 36.6 Å². The van der Waals surface area contributed by atoms with Gasteiger partial charge in [0.05, 0.1) is 12.6 Å². The molecule has 2 N–H and O–H groups in total. The van der Waals surface area contributed by atoms with Crippen molar-refractivity contribution in [1.82, 2.24) is 10.6 Å². The van der Waals surface area contributed by atoms with Gasteiger partial charge >= 0.3 is 6.03 Å². The SMILES string of the molecule is Cc1ccc(CNC(=O)NC(Cc2ccccc2)c2ccccc2)s1. The van der Waals surface area contributed by atoms with Crippen molar-refractivity contribution in [2.45, 2.75) is 25.9 Å². The van der Waals surface area contributed by atoms with E-state index in [4.69, 9.17) is 0 Å². The summed E-state index contributed by atoms with van der Waals surface area (Å²) >= 11 is 1.71. The summed E-state index contributed by atoms with van der Waals surface area (Å²) in [6, 6.07) is 24.2. The molecular formula is C21H22N2OS. The molecule has 0 saturated heterocycles. The number of nitrogens with one attached hydrogen (secondary N) is 2. The van der Waals surface area contributed by atoms with Crippen LogP contribution in [0.5, 0.6) is 0 Å².